The molecule has 4 heterocycles. The summed E-state index contributed by atoms with van der Waals surface area (Å²) >= 11 is 0. The number of hydrogen-bond donors (Lipinski definition) is 3. The Balaban J connectivity index is 1.75. The Morgan fingerprint density at radius 1 is 1.32 bits per heavy atom. The first-order valence-electron chi connectivity index (χ1n) is 8.93. The van der Waals surface area contributed by atoms with Gasteiger partial charge in [-0.2, -0.15) is 0 Å². The van der Waals surface area contributed by atoms with Crippen LogP contribution in [0.25, 0.3) is 4.85 Å². The molecule has 10 nitrogen and oxygen atoms in total. The highest BCUT2D eigenvalue weighted by Gasteiger charge is 2.46. The van der Waals surface area contributed by atoms with Gasteiger partial charge in [0.25, 0.3) is 18.1 Å². The van der Waals surface area contributed by atoms with Crippen molar-refractivity contribution in [3.63, 3.8) is 0 Å². The van der Waals surface area contributed by atoms with E-state index in [1.165, 1.54) is 12.4 Å². The van der Waals surface area contributed by atoms with E-state index in [1.807, 2.05) is 4.90 Å². The van der Waals surface area contributed by atoms with Crippen LogP contribution < -0.4 is 21.9 Å². The molecule has 28 heavy (non-hydrogen) atoms. The Bertz CT molecular complexity index is 1050. The molecule has 4 rings (SSSR count). The van der Waals surface area contributed by atoms with Gasteiger partial charge in [0.15, 0.2) is 0 Å². The fourth-order valence-corrected chi connectivity index (χ4v) is 3.94. The summed E-state index contributed by atoms with van der Waals surface area (Å²) < 4.78 is 1.58. The van der Waals surface area contributed by atoms with E-state index in [2.05, 4.69) is 25.4 Å². The van der Waals surface area contributed by atoms with E-state index in [9.17, 15) is 9.59 Å². The number of aryl methyl sites for hydroxylation is 1. The van der Waals surface area contributed by atoms with Crippen LogP contribution in [0.1, 0.15) is 28.9 Å². The maximum Gasteiger partial charge on any atom is 0.276 e. The van der Waals surface area contributed by atoms with Gasteiger partial charge in [-0.15, -0.1) is 0 Å². The van der Waals surface area contributed by atoms with Crippen LogP contribution in [0.3, 0.4) is 0 Å². The van der Waals surface area contributed by atoms with Crippen molar-refractivity contribution in [2.75, 3.05) is 30.8 Å². The Labute approximate surface area is 161 Å². The number of nitrogens with one attached hydrogen (secondary N) is 2. The molecule has 10 heteroatoms. The average molecular weight is 380 g/mol. The molecule has 0 aliphatic carbocycles. The van der Waals surface area contributed by atoms with Gasteiger partial charge in [0.1, 0.15) is 35.0 Å². The Morgan fingerprint density at radius 3 is 2.75 bits per heavy atom. The Kier molecular flexibility index (Phi) is 4.24. The second-order valence-electron chi connectivity index (χ2n) is 7.09. The van der Waals surface area contributed by atoms with Gasteiger partial charge in [-0.3, -0.25) is 19.0 Å². The van der Waals surface area contributed by atoms with Crippen molar-refractivity contribution < 1.29 is 4.79 Å². The second-order valence-corrected chi connectivity index (χ2v) is 7.09. The summed E-state index contributed by atoms with van der Waals surface area (Å²) in [5, 5.41) is 6.02. The number of nitrogen functional groups attached to an aromatic ring is 1. The molecule has 1 fully saturated rings. The van der Waals surface area contributed by atoms with Crippen LogP contribution in [0.4, 0.5) is 17.3 Å². The van der Waals surface area contributed by atoms with E-state index in [-0.39, 0.29) is 17.3 Å². The molecule has 2 aromatic heterocycles. The van der Waals surface area contributed by atoms with Crippen molar-refractivity contribution in [1.82, 2.24) is 24.8 Å². The number of rotatable bonds is 3. The summed E-state index contributed by atoms with van der Waals surface area (Å²) in [5.41, 5.74) is 6.02. The van der Waals surface area contributed by atoms with Crippen LogP contribution in [0.15, 0.2) is 23.3 Å². The van der Waals surface area contributed by atoms with E-state index in [4.69, 9.17) is 12.3 Å². The predicted octanol–water partition coefficient (Wildman–Crippen LogP) is 0.641. The van der Waals surface area contributed by atoms with Crippen molar-refractivity contribution in [3.8, 4) is 0 Å². The molecule has 2 aromatic rings. The normalized spacial score (nSPS) is 17.8. The number of carbonyl (C=O) groups excluding carboxylic acids is 1. The van der Waals surface area contributed by atoms with Crippen molar-refractivity contribution >= 4 is 23.2 Å². The number of aromatic nitrogens is 3. The SMILES string of the molecule is [C-]#[N+]CN1CCC2(CC1)NC(=O)c1c(C)cc(Nc3cc(N)ncn3)c(=O)n12. The topological polar surface area (TPSA) is 123 Å². The van der Waals surface area contributed by atoms with Gasteiger partial charge in [-0.1, -0.05) is 0 Å². The van der Waals surface area contributed by atoms with Crippen LogP contribution in [0.2, 0.25) is 0 Å². The summed E-state index contributed by atoms with van der Waals surface area (Å²) in [6, 6.07) is 3.19. The number of hydrogen-bond acceptors (Lipinski definition) is 7. The van der Waals surface area contributed by atoms with E-state index < -0.39 is 5.66 Å². The molecular formula is C18H20N8O2. The number of nitrogens with zero attached hydrogens (tertiary/aromatic N) is 5. The summed E-state index contributed by atoms with van der Waals surface area (Å²) in [6.07, 6.45) is 2.43. The molecule has 1 saturated heterocycles. The predicted molar refractivity (Wildman–Crippen MR) is 103 cm³/mol. The fraction of sp³-hybridized carbons (Fsp3) is 0.389. The molecule has 2 aliphatic rings. The summed E-state index contributed by atoms with van der Waals surface area (Å²) in [7, 11) is 0. The smallest absolute Gasteiger partial charge is 0.276 e. The number of nitrogens with two attached hydrogens (primary N) is 1. The minimum absolute atomic E-state index is 0.244. The zero-order valence-electron chi connectivity index (χ0n) is 15.4. The highest BCUT2D eigenvalue weighted by molar-refractivity contribution is 5.97. The molecule has 0 saturated carbocycles. The van der Waals surface area contributed by atoms with Gasteiger partial charge < -0.3 is 16.4 Å². The number of pyridine rings is 1. The molecule has 0 unspecified atom stereocenters. The lowest BCUT2D eigenvalue weighted by atomic mass is 9.97. The molecule has 1 spiro atoms. The zero-order chi connectivity index (χ0) is 19.9. The van der Waals surface area contributed by atoms with Gasteiger partial charge in [0.2, 0.25) is 0 Å². The summed E-state index contributed by atoms with van der Waals surface area (Å²) in [4.78, 5) is 39.3. The van der Waals surface area contributed by atoms with Gasteiger partial charge in [-0.25, -0.2) is 21.4 Å². The first-order valence-corrected chi connectivity index (χ1v) is 8.93. The Morgan fingerprint density at radius 2 is 2.07 bits per heavy atom. The maximum absolute atomic E-state index is 13.3. The minimum atomic E-state index is -0.769. The van der Waals surface area contributed by atoms with E-state index in [0.29, 0.717) is 55.4 Å². The molecule has 0 bridgehead atoms. The zero-order valence-corrected chi connectivity index (χ0v) is 15.4. The van der Waals surface area contributed by atoms with Crippen molar-refractivity contribution in [3.05, 3.63) is 51.5 Å². The third kappa shape index (κ3) is 2.86. The van der Waals surface area contributed by atoms with Gasteiger partial charge >= 0.3 is 0 Å². The third-order valence-corrected chi connectivity index (χ3v) is 5.29. The van der Waals surface area contributed by atoms with Crippen LogP contribution in [0, 0.1) is 13.5 Å². The Hall–Kier alpha value is -3.45. The molecule has 144 valence electrons. The van der Waals surface area contributed by atoms with Crippen molar-refractivity contribution in [2.24, 2.45) is 0 Å². The fourth-order valence-electron chi connectivity index (χ4n) is 3.94. The third-order valence-electron chi connectivity index (χ3n) is 5.29. The number of amides is 1. The molecule has 4 N–H and O–H groups in total. The van der Waals surface area contributed by atoms with E-state index in [0.717, 1.165) is 0 Å². The van der Waals surface area contributed by atoms with Gasteiger partial charge in [0.05, 0.1) is 0 Å². The molecule has 1 amide bonds. The molecule has 0 atom stereocenters. The summed E-state index contributed by atoms with van der Waals surface area (Å²) in [6.45, 7) is 10.4. The first kappa shape index (κ1) is 17.9. The van der Waals surface area contributed by atoms with Crippen molar-refractivity contribution in [2.45, 2.75) is 25.4 Å². The number of piperidine rings is 1. The molecule has 0 radical (unpaired) electrons. The first-order chi connectivity index (χ1) is 13.4. The van der Waals surface area contributed by atoms with Gasteiger partial charge in [-0.05, 0) is 18.6 Å². The molecule has 0 aromatic carbocycles. The lowest BCUT2D eigenvalue weighted by Crippen LogP contribution is -2.54. The van der Waals surface area contributed by atoms with Crippen LogP contribution >= 0.6 is 0 Å². The standard InChI is InChI=1S/C18H20N8O2/c1-11-7-12(23-14-8-13(19)21-9-22-14)17(28)26-15(11)16(27)24-18(26)3-5-25(6-4-18)10-20-2/h7-9H,3-6,10H2,1H3,(H,24,27)(H3,19,21,22,23). The largest absolute Gasteiger partial charge is 0.384 e. The maximum atomic E-state index is 13.3. The number of fused-ring (bicyclic) bond motifs is 2. The van der Waals surface area contributed by atoms with Crippen LogP contribution in [0.5, 0.6) is 0 Å². The summed E-state index contributed by atoms with van der Waals surface area (Å²) in [5.74, 6) is 0.449. The van der Waals surface area contributed by atoms with E-state index in [1.54, 1.807) is 17.6 Å². The number of likely N-dealkylation sites (tertiary alicyclic amines) is 1. The number of anilines is 3. The number of carbonyl (C=O) groups is 1. The van der Waals surface area contributed by atoms with Gasteiger partial charge in [0, 0.05) is 32.0 Å². The van der Waals surface area contributed by atoms with Crippen LogP contribution in [-0.2, 0) is 5.66 Å². The van der Waals surface area contributed by atoms with E-state index >= 15 is 0 Å². The lowest BCUT2D eigenvalue weighted by molar-refractivity contribution is 0.0773. The monoisotopic (exact) mass is 380 g/mol. The quantitative estimate of drug-likeness (QED) is 0.668. The average Bonchev–Trinajstić information content (AvgIpc) is 2.94. The van der Waals surface area contributed by atoms with Crippen LogP contribution in [-0.4, -0.2) is 45.1 Å². The second kappa shape index (κ2) is 6.61. The highest BCUT2D eigenvalue weighted by Crippen LogP contribution is 2.34. The lowest BCUT2D eigenvalue weighted by Gasteiger charge is -2.38. The molecule has 2 aliphatic heterocycles. The van der Waals surface area contributed by atoms with Crippen molar-refractivity contribution in [1.29, 1.82) is 0 Å². The molecular weight excluding hydrogens is 360 g/mol. The minimum Gasteiger partial charge on any atom is -0.384 e. The highest BCUT2D eigenvalue weighted by atomic mass is 16.2.